The van der Waals surface area contributed by atoms with Crippen molar-refractivity contribution < 1.29 is 4.79 Å². The van der Waals surface area contributed by atoms with E-state index in [4.69, 9.17) is 0 Å². The topological polar surface area (TPSA) is 17.1 Å². The lowest BCUT2D eigenvalue weighted by Crippen LogP contribution is -2.11. The molecule has 27 heavy (non-hydrogen) atoms. The van der Waals surface area contributed by atoms with Gasteiger partial charge in [-0.1, -0.05) is 61.7 Å². The average Bonchev–Trinajstić information content (AvgIpc) is 3.55. The summed E-state index contributed by atoms with van der Waals surface area (Å²) < 4.78 is 0. The van der Waals surface area contributed by atoms with Crippen LogP contribution in [0.3, 0.4) is 0 Å². The highest BCUT2D eigenvalue weighted by atomic mass is 16.1. The Kier molecular flexibility index (Phi) is 5.29. The lowest BCUT2D eigenvalue weighted by molar-refractivity contribution is 0.0967. The lowest BCUT2D eigenvalue weighted by atomic mass is 9.77. The van der Waals surface area contributed by atoms with Crippen molar-refractivity contribution in [1.29, 1.82) is 0 Å². The molecule has 0 bridgehead atoms. The predicted molar refractivity (Wildman–Crippen MR) is 114 cm³/mol. The summed E-state index contributed by atoms with van der Waals surface area (Å²) in [6, 6.07) is 17.2. The molecule has 1 heteroatoms. The molecule has 0 amide bonds. The van der Waals surface area contributed by atoms with E-state index < -0.39 is 0 Å². The molecule has 140 valence electrons. The van der Waals surface area contributed by atoms with Crippen LogP contribution in [0.2, 0.25) is 0 Å². The normalized spacial score (nSPS) is 18.9. The van der Waals surface area contributed by atoms with Crippen LogP contribution < -0.4 is 0 Å². The third kappa shape index (κ3) is 3.93. The number of benzene rings is 2. The van der Waals surface area contributed by atoms with E-state index >= 15 is 0 Å². The van der Waals surface area contributed by atoms with Gasteiger partial charge in [0.15, 0.2) is 5.78 Å². The second kappa shape index (κ2) is 7.84. The summed E-state index contributed by atoms with van der Waals surface area (Å²) in [6.07, 6.45) is 8.71. The van der Waals surface area contributed by atoms with Crippen LogP contribution in [-0.4, -0.2) is 5.78 Å². The molecular weight excluding hydrogens is 328 g/mol. The molecule has 2 aliphatic rings. The Morgan fingerprint density at radius 1 is 0.815 bits per heavy atom. The van der Waals surface area contributed by atoms with Crippen LogP contribution in [0.1, 0.15) is 78.9 Å². The van der Waals surface area contributed by atoms with Crippen LogP contribution in [-0.2, 0) is 0 Å². The number of hydrogen-bond donors (Lipinski definition) is 0. The molecule has 0 aliphatic heterocycles. The fraction of sp³-hybridized carbons (Fsp3) is 0.423. The smallest absolute Gasteiger partial charge is 0.165 e. The van der Waals surface area contributed by atoms with Crippen molar-refractivity contribution in [3.05, 3.63) is 70.8 Å². The maximum absolute atomic E-state index is 12.5. The van der Waals surface area contributed by atoms with Crippen LogP contribution in [0.25, 0.3) is 11.1 Å². The van der Waals surface area contributed by atoms with Gasteiger partial charge in [-0.2, -0.15) is 0 Å². The van der Waals surface area contributed by atoms with Gasteiger partial charge < -0.3 is 0 Å². The van der Waals surface area contributed by atoms with Crippen LogP contribution in [0.4, 0.5) is 0 Å². The summed E-state index contributed by atoms with van der Waals surface area (Å²) in [6.45, 7) is 4.46. The minimum absolute atomic E-state index is 0.287. The molecule has 0 saturated heterocycles. The summed E-state index contributed by atoms with van der Waals surface area (Å²) in [5.41, 5.74) is 7.71. The third-order valence-corrected chi connectivity index (χ3v) is 6.37. The van der Waals surface area contributed by atoms with Crippen LogP contribution in [0.15, 0.2) is 48.5 Å². The molecule has 0 atom stereocenters. The second-order valence-electron chi connectivity index (χ2n) is 8.41. The SMILES string of the molecule is C/C(=C(\c1ccc(C(=O)C2CC2)cc1C)C1CCCCC1)c1ccccc1. The van der Waals surface area contributed by atoms with E-state index in [1.165, 1.54) is 59.9 Å². The van der Waals surface area contributed by atoms with Crippen molar-refractivity contribution >= 4 is 16.9 Å². The second-order valence-corrected chi connectivity index (χ2v) is 8.41. The number of aryl methyl sites for hydroxylation is 1. The van der Waals surface area contributed by atoms with E-state index in [2.05, 4.69) is 62.4 Å². The largest absolute Gasteiger partial charge is 0.294 e. The number of Topliss-reactive ketones (excluding diaryl/α,β-unsaturated/α-hetero) is 1. The van der Waals surface area contributed by atoms with Gasteiger partial charge in [-0.15, -0.1) is 0 Å². The maximum atomic E-state index is 12.5. The summed E-state index contributed by atoms with van der Waals surface area (Å²) in [7, 11) is 0. The van der Waals surface area contributed by atoms with Gasteiger partial charge in [0.05, 0.1) is 0 Å². The van der Waals surface area contributed by atoms with Crippen molar-refractivity contribution in [1.82, 2.24) is 0 Å². The van der Waals surface area contributed by atoms with Crippen molar-refractivity contribution in [3.63, 3.8) is 0 Å². The fourth-order valence-electron chi connectivity index (χ4n) is 4.66. The molecule has 0 unspecified atom stereocenters. The number of hydrogen-bond acceptors (Lipinski definition) is 1. The molecule has 2 fully saturated rings. The Morgan fingerprint density at radius 3 is 2.15 bits per heavy atom. The van der Waals surface area contributed by atoms with Crippen molar-refractivity contribution in [2.24, 2.45) is 11.8 Å². The first-order valence-electron chi connectivity index (χ1n) is 10.6. The van der Waals surface area contributed by atoms with E-state index in [0.717, 1.165) is 18.4 Å². The third-order valence-electron chi connectivity index (χ3n) is 6.37. The molecule has 1 nitrogen and oxygen atoms in total. The molecule has 0 heterocycles. The molecule has 0 radical (unpaired) electrons. The average molecular weight is 359 g/mol. The van der Waals surface area contributed by atoms with Gasteiger partial charge in [0, 0.05) is 11.5 Å². The van der Waals surface area contributed by atoms with E-state index in [-0.39, 0.29) is 5.92 Å². The van der Waals surface area contributed by atoms with E-state index in [1.807, 2.05) is 0 Å². The van der Waals surface area contributed by atoms with E-state index in [1.54, 1.807) is 0 Å². The first-order valence-corrected chi connectivity index (χ1v) is 10.6. The number of carbonyl (C=O) groups excluding carboxylic acids is 1. The highest BCUT2D eigenvalue weighted by molar-refractivity contribution is 6.00. The van der Waals surface area contributed by atoms with E-state index in [9.17, 15) is 4.79 Å². The molecule has 4 rings (SSSR count). The molecule has 2 saturated carbocycles. The van der Waals surface area contributed by atoms with Gasteiger partial charge in [0.25, 0.3) is 0 Å². The zero-order valence-corrected chi connectivity index (χ0v) is 16.6. The predicted octanol–water partition coefficient (Wildman–Crippen LogP) is 7.10. The summed E-state index contributed by atoms with van der Waals surface area (Å²) in [5.74, 6) is 1.25. The van der Waals surface area contributed by atoms with Crippen molar-refractivity contribution in [2.75, 3.05) is 0 Å². The van der Waals surface area contributed by atoms with Gasteiger partial charge in [-0.3, -0.25) is 4.79 Å². The van der Waals surface area contributed by atoms with Crippen LogP contribution in [0.5, 0.6) is 0 Å². The minimum atomic E-state index is 0.287. The molecule has 2 aliphatic carbocycles. The first kappa shape index (κ1) is 18.2. The zero-order valence-electron chi connectivity index (χ0n) is 16.6. The first-order chi connectivity index (χ1) is 13.1. The Labute approximate surface area is 163 Å². The number of allylic oxidation sites excluding steroid dienone is 2. The van der Waals surface area contributed by atoms with Gasteiger partial charge >= 0.3 is 0 Å². The van der Waals surface area contributed by atoms with Crippen molar-refractivity contribution in [3.8, 4) is 0 Å². The number of ketones is 1. The minimum Gasteiger partial charge on any atom is -0.294 e. The van der Waals surface area contributed by atoms with Crippen LogP contribution in [0, 0.1) is 18.8 Å². The molecule has 2 aromatic rings. The van der Waals surface area contributed by atoms with E-state index in [0.29, 0.717) is 11.7 Å². The molecule has 0 spiro atoms. The fourth-order valence-corrected chi connectivity index (χ4v) is 4.66. The summed E-state index contributed by atoms with van der Waals surface area (Å²) in [4.78, 5) is 12.5. The molecular formula is C26H30O. The number of rotatable bonds is 5. The Hall–Kier alpha value is -2.15. The monoisotopic (exact) mass is 358 g/mol. The Balaban J connectivity index is 1.77. The summed E-state index contributed by atoms with van der Waals surface area (Å²) in [5, 5.41) is 0. The zero-order chi connectivity index (χ0) is 18.8. The molecule has 0 N–H and O–H groups in total. The van der Waals surface area contributed by atoms with Gasteiger partial charge in [-0.25, -0.2) is 0 Å². The molecule has 2 aromatic carbocycles. The van der Waals surface area contributed by atoms with Gasteiger partial charge in [-0.05, 0) is 79.4 Å². The van der Waals surface area contributed by atoms with Gasteiger partial charge in [0.2, 0.25) is 0 Å². The molecule has 0 aromatic heterocycles. The highest BCUT2D eigenvalue weighted by Crippen LogP contribution is 2.41. The van der Waals surface area contributed by atoms with Crippen LogP contribution >= 0.6 is 0 Å². The quantitative estimate of drug-likeness (QED) is 0.411. The summed E-state index contributed by atoms with van der Waals surface area (Å²) >= 11 is 0. The van der Waals surface area contributed by atoms with Gasteiger partial charge in [0.1, 0.15) is 0 Å². The van der Waals surface area contributed by atoms with Crippen molar-refractivity contribution in [2.45, 2.75) is 58.8 Å². The Bertz CT molecular complexity index is 849. The lowest BCUT2D eigenvalue weighted by Gasteiger charge is -2.28. The highest BCUT2D eigenvalue weighted by Gasteiger charge is 2.31. The Morgan fingerprint density at radius 2 is 1.52 bits per heavy atom. The maximum Gasteiger partial charge on any atom is 0.165 e. The standard InChI is InChI=1S/C26H30O/c1-18-17-23(26(27)22-13-14-22)15-16-24(18)25(21-11-7-4-8-12-21)19(2)20-9-5-3-6-10-20/h3,5-6,9-10,15-17,21-22H,4,7-8,11-14H2,1-2H3/b25-19+. The number of carbonyl (C=O) groups is 1.